The average Bonchev–Trinajstić information content (AvgIpc) is 2.65. The topological polar surface area (TPSA) is 74.9 Å². The van der Waals surface area contributed by atoms with Gasteiger partial charge in [0.2, 0.25) is 0 Å². The Morgan fingerprint density at radius 1 is 1.44 bits per heavy atom. The Morgan fingerprint density at radius 3 is 2.75 bits per heavy atom. The summed E-state index contributed by atoms with van der Waals surface area (Å²) in [7, 11) is 0. The Morgan fingerprint density at radius 2 is 2.19 bits per heavy atom. The molecule has 2 aromatic rings. The van der Waals surface area contributed by atoms with Crippen molar-refractivity contribution in [2.24, 2.45) is 0 Å². The third-order valence-corrected chi connectivity index (χ3v) is 2.44. The lowest BCUT2D eigenvalue weighted by atomic mass is 10.0. The minimum atomic E-state index is -1.09. The fourth-order valence-corrected chi connectivity index (χ4v) is 1.53. The number of rotatable bonds is 2. The Balaban J connectivity index is 2.56. The molecule has 0 aliphatic rings. The SMILES string of the molecule is CC(F)c1ccc(O)c(-c2cn[nH]c2N)c1. The number of phenolic OH excluding ortho intramolecular Hbond substituents is 1. The smallest absolute Gasteiger partial charge is 0.126 e. The summed E-state index contributed by atoms with van der Waals surface area (Å²) >= 11 is 0. The van der Waals surface area contributed by atoms with E-state index in [0.717, 1.165) is 0 Å². The summed E-state index contributed by atoms with van der Waals surface area (Å²) < 4.78 is 13.2. The van der Waals surface area contributed by atoms with Crippen LogP contribution in [0.2, 0.25) is 0 Å². The lowest BCUT2D eigenvalue weighted by Crippen LogP contribution is -1.90. The molecule has 1 aromatic carbocycles. The second-order valence-corrected chi connectivity index (χ2v) is 3.59. The zero-order chi connectivity index (χ0) is 11.7. The summed E-state index contributed by atoms with van der Waals surface area (Å²) in [4.78, 5) is 0. The van der Waals surface area contributed by atoms with Gasteiger partial charge in [-0.05, 0) is 24.6 Å². The van der Waals surface area contributed by atoms with Crippen molar-refractivity contribution >= 4 is 5.82 Å². The van der Waals surface area contributed by atoms with Crippen LogP contribution in [0.3, 0.4) is 0 Å². The van der Waals surface area contributed by atoms with E-state index in [1.165, 1.54) is 19.2 Å². The first kappa shape index (κ1) is 10.5. The summed E-state index contributed by atoms with van der Waals surface area (Å²) in [6, 6.07) is 4.56. The number of benzene rings is 1. The van der Waals surface area contributed by atoms with Crippen molar-refractivity contribution in [2.45, 2.75) is 13.1 Å². The molecular weight excluding hydrogens is 209 g/mol. The minimum Gasteiger partial charge on any atom is -0.507 e. The van der Waals surface area contributed by atoms with Crippen molar-refractivity contribution in [1.29, 1.82) is 0 Å². The van der Waals surface area contributed by atoms with E-state index >= 15 is 0 Å². The van der Waals surface area contributed by atoms with Gasteiger partial charge < -0.3 is 10.8 Å². The van der Waals surface area contributed by atoms with Crippen molar-refractivity contribution < 1.29 is 9.50 Å². The van der Waals surface area contributed by atoms with Gasteiger partial charge in [0, 0.05) is 11.1 Å². The molecule has 16 heavy (non-hydrogen) atoms. The lowest BCUT2D eigenvalue weighted by Gasteiger charge is -2.07. The Labute approximate surface area is 91.9 Å². The third-order valence-electron chi connectivity index (χ3n) is 2.44. The van der Waals surface area contributed by atoms with E-state index in [2.05, 4.69) is 10.2 Å². The third kappa shape index (κ3) is 1.71. The molecule has 5 heteroatoms. The summed E-state index contributed by atoms with van der Waals surface area (Å²) in [5.41, 5.74) is 7.19. The molecule has 0 aliphatic heterocycles. The molecule has 0 saturated heterocycles. The number of nitrogens with two attached hydrogens (primary N) is 1. The van der Waals surface area contributed by atoms with Crippen LogP contribution < -0.4 is 5.73 Å². The predicted octanol–water partition coefficient (Wildman–Crippen LogP) is 2.40. The van der Waals surface area contributed by atoms with Crippen LogP contribution in [0, 0.1) is 0 Å². The first-order chi connectivity index (χ1) is 7.59. The lowest BCUT2D eigenvalue weighted by molar-refractivity contribution is 0.374. The van der Waals surface area contributed by atoms with E-state index in [1.807, 2.05) is 0 Å². The van der Waals surface area contributed by atoms with Gasteiger partial charge in [-0.3, -0.25) is 5.10 Å². The van der Waals surface area contributed by atoms with Crippen molar-refractivity contribution in [1.82, 2.24) is 10.2 Å². The first-order valence-corrected chi connectivity index (χ1v) is 4.86. The molecule has 0 bridgehead atoms. The molecule has 0 radical (unpaired) electrons. The summed E-state index contributed by atoms with van der Waals surface area (Å²) in [6.07, 6.45) is 0.407. The molecule has 4 N–H and O–H groups in total. The maximum absolute atomic E-state index is 13.2. The summed E-state index contributed by atoms with van der Waals surface area (Å²) in [6.45, 7) is 1.44. The number of hydrogen-bond donors (Lipinski definition) is 3. The van der Waals surface area contributed by atoms with Gasteiger partial charge in [0.15, 0.2) is 0 Å². The molecular formula is C11H12FN3O. The zero-order valence-corrected chi connectivity index (χ0v) is 8.74. The summed E-state index contributed by atoms with van der Waals surface area (Å²) in [5, 5.41) is 16.0. The number of nitrogens with zero attached hydrogens (tertiary/aromatic N) is 1. The van der Waals surface area contributed by atoms with Gasteiger partial charge in [0.1, 0.15) is 17.7 Å². The van der Waals surface area contributed by atoms with Crippen molar-refractivity contribution in [3.05, 3.63) is 30.0 Å². The van der Waals surface area contributed by atoms with Crippen LogP contribution in [0.15, 0.2) is 24.4 Å². The van der Waals surface area contributed by atoms with Gasteiger partial charge in [-0.25, -0.2) is 4.39 Å². The monoisotopic (exact) mass is 221 g/mol. The molecule has 1 heterocycles. The molecule has 0 spiro atoms. The van der Waals surface area contributed by atoms with Crippen LogP contribution in [0.1, 0.15) is 18.7 Å². The highest BCUT2D eigenvalue weighted by Crippen LogP contribution is 2.34. The maximum Gasteiger partial charge on any atom is 0.126 e. The predicted molar refractivity (Wildman–Crippen MR) is 59.6 cm³/mol. The molecule has 0 aliphatic carbocycles. The van der Waals surface area contributed by atoms with E-state index in [1.54, 1.807) is 12.1 Å². The number of nitrogen functional groups attached to an aromatic ring is 1. The largest absolute Gasteiger partial charge is 0.507 e. The second-order valence-electron chi connectivity index (χ2n) is 3.59. The second kappa shape index (κ2) is 3.84. The van der Waals surface area contributed by atoms with Crippen molar-refractivity contribution in [2.75, 3.05) is 5.73 Å². The Hall–Kier alpha value is -2.04. The number of phenols is 1. The Bertz CT molecular complexity index is 508. The quantitative estimate of drug-likeness (QED) is 0.728. The van der Waals surface area contributed by atoms with Crippen LogP contribution in [0.4, 0.5) is 10.2 Å². The van der Waals surface area contributed by atoms with Crippen LogP contribution >= 0.6 is 0 Å². The fourth-order valence-electron chi connectivity index (χ4n) is 1.53. The van der Waals surface area contributed by atoms with Crippen LogP contribution in [0.25, 0.3) is 11.1 Å². The number of aromatic amines is 1. The van der Waals surface area contributed by atoms with Crippen LogP contribution in [0.5, 0.6) is 5.75 Å². The maximum atomic E-state index is 13.2. The zero-order valence-electron chi connectivity index (χ0n) is 8.74. The minimum absolute atomic E-state index is 0.0532. The number of aromatic nitrogens is 2. The molecule has 4 nitrogen and oxygen atoms in total. The van der Waals surface area contributed by atoms with E-state index in [0.29, 0.717) is 22.5 Å². The molecule has 2 rings (SSSR count). The molecule has 0 saturated carbocycles. The number of anilines is 1. The van der Waals surface area contributed by atoms with E-state index < -0.39 is 6.17 Å². The number of nitrogens with one attached hydrogen (secondary N) is 1. The first-order valence-electron chi connectivity index (χ1n) is 4.86. The van der Waals surface area contributed by atoms with Gasteiger partial charge in [-0.2, -0.15) is 5.10 Å². The molecule has 1 aromatic heterocycles. The number of aromatic hydroxyl groups is 1. The summed E-state index contributed by atoms with van der Waals surface area (Å²) in [5.74, 6) is 0.400. The van der Waals surface area contributed by atoms with E-state index in [4.69, 9.17) is 5.73 Å². The number of alkyl halides is 1. The number of halogens is 1. The molecule has 1 atom stereocenters. The molecule has 0 amide bonds. The highest BCUT2D eigenvalue weighted by atomic mass is 19.1. The highest BCUT2D eigenvalue weighted by molar-refractivity contribution is 5.78. The molecule has 1 unspecified atom stereocenters. The van der Waals surface area contributed by atoms with E-state index in [9.17, 15) is 9.50 Å². The molecule has 0 fully saturated rings. The number of H-pyrrole nitrogens is 1. The Kier molecular flexibility index (Phi) is 2.52. The van der Waals surface area contributed by atoms with Gasteiger partial charge in [0.25, 0.3) is 0 Å². The van der Waals surface area contributed by atoms with Crippen molar-refractivity contribution in [3.8, 4) is 16.9 Å². The number of hydrogen-bond acceptors (Lipinski definition) is 3. The van der Waals surface area contributed by atoms with Crippen molar-refractivity contribution in [3.63, 3.8) is 0 Å². The normalized spacial score (nSPS) is 12.6. The molecule has 84 valence electrons. The van der Waals surface area contributed by atoms with Crippen LogP contribution in [-0.4, -0.2) is 15.3 Å². The standard InChI is InChI=1S/C11H12FN3O/c1-6(12)7-2-3-10(16)8(4-7)9-5-14-15-11(9)13/h2-6,16H,1H3,(H3,13,14,15). The van der Waals surface area contributed by atoms with Gasteiger partial charge >= 0.3 is 0 Å². The average molecular weight is 221 g/mol. The van der Waals surface area contributed by atoms with Gasteiger partial charge in [-0.15, -0.1) is 0 Å². The van der Waals surface area contributed by atoms with Gasteiger partial charge in [0.05, 0.1) is 6.20 Å². The van der Waals surface area contributed by atoms with Crippen LogP contribution in [-0.2, 0) is 0 Å². The van der Waals surface area contributed by atoms with E-state index in [-0.39, 0.29) is 5.75 Å². The fraction of sp³-hybridized carbons (Fsp3) is 0.182. The highest BCUT2D eigenvalue weighted by Gasteiger charge is 2.12. The van der Waals surface area contributed by atoms with Gasteiger partial charge in [-0.1, -0.05) is 6.07 Å².